The molecule has 0 heterocycles. The molecular weight excluding hydrogens is 215 g/mol. The summed E-state index contributed by atoms with van der Waals surface area (Å²) in [6.07, 6.45) is 5.13. The van der Waals surface area contributed by atoms with Crippen molar-refractivity contribution in [3.63, 3.8) is 0 Å². The van der Waals surface area contributed by atoms with Crippen LogP contribution in [0.5, 0.6) is 0 Å². The van der Waals surface area contributed by atoms with Crippen molar-refractivity contribution >= 4 is 0 Å². The highest BCUT2D eigenvalue weighted by molar-refractivity contribution is 5.29. The summed E-state index contributed by atoms with van der Waals surface area (Å²) in [7, 11) is 0. The summed E-state index contributed by atoms with van der Waals surface area (Å²) in [4.78, 5) is 0. The molecule has 3 unspecified atom stereocenters. The second kappa shape index (κ2) is 3.81. The van der Waals surface area contributed by atoms with E-state index in [-0.39, 0.29) is 5.82 Å². The van der Waals surface area contributed by atoms with E-state index >= 15 is 0 Å². The maximum atomic E-state index is 13.3. The summed E-state index contributed by atoms with van der Waals surface area (Å²) in [6, 6.07) is 4.88. The Morgan fingerprint density at radius 1 is 1.41 bits per heavy atom. The first-order valence-corrected chi connectivity index (χ1v) is 6.54. The molecule has 2 aliphatic carbocycles. The van der Waals surface area contributed by atoms with E-state index in [1.165, 1.54) is 18.9 Å². The van der Waals surface area contributed by atoms with Crippen LogP contribution >= 0.6 is 0 Å². The third-order valence-electron chi connectivity index (χ3n) is 4.75. The fraction of sp³-hybridized carbons (Fsp3) is 0.600. The molecule has 1 nitrogen and oxygen atoms in total. The van der Waals surface area contributed by atoms with Crippen LogP contribution in [0, 0.1) is 24.6 Å². The number of benzene rings is 1. The second-order valence-electron chi connectivity index (χ2n) is 5.93. The van der Waals surface area contributed by atoms with Crippen molar-refractivity contribution in [1.29, 1.82) is 0 Å². The Hall–Kier alpha value is -0.890. The van der Waals surface area contributed by atoms with Crippen LogP contribution in [0.1, 0.15) is 36.8 Å². The molecule has 2 aliphatic rings. The summed E-state index contributed by atoms with van der Waals surface area (Å²) in [5, 5.41) is 10.7. The summed E-state index contributed by atoms with van der Waals surface area (Å²) in [5.74, 6) is 0.950. The van der Waals surface area contributed by atoms with Gasteiger partial charge in [0.15, 0.2) is 0 Å². The van der Waals surface area contributed by atoms with Crippen LogP contribution in [0.2, 0.25) is 0 Å². The number of halogens is 1. The first-order chi connectivity index (χ1) is 8.07. The Bertz CT molecular complexity index is 443. The molecule has 1 aromatic carbocycles. The molecule has 0 radical (unpaired) electrons. The maximum absolute atomic E-state index is 13.3. The van der Waals surface area contributed by atoms with Crippen molar-refractivity contribution in [1.82, 2.24) is 0 Å². The van der Waals surface area contributed by atoms with Gasteiger partial charge in [0.2, 0.25) is 0 Å². The highest BCUT2D eigenvalue weighted by atomic mass is 19.1. The van der Waals surface area contributed by atoms with Crippen molar-refractivity contribution in [2.24, 2.45) is 11.8 Å². The minimum Gasteiger partial charge on any atom is -0.389 e. The van der Waals surface area contributed by atoms with Gasteiger partial charge in [0.25, 0.3) is 0 Å². The van der Waals surface area contributed by atoms with Crippen LogP contribution < -0.4 is 0 Å². The van der Waals surface area contributed by atoms with Gasteiger partial charge in [-0.1, -0.05) is 6.07 Å². The molecule has 1 aromatic rings. The Kier molecular flexibility index (Phi) is 2.51. The predicted octanol–water partition coefficient (Wildman–Crippen LogP) is 3.23. The number of hydrogen-bond acceptors (Lipinski definition) is 1. The topological polar surface area (TPSA) is 20.2 Å². The van der Waals surface area contributed by atoms with E-state index in [4.69, 9.17) is 0 Å². The van der Waals surface area contributed by atoms with Gasteiger partial charge in [-0.25, -0.2) is 4.39 Å². The zero-order valence-corrected chi connectivity index (χ0v) is 10.2. The monoisotopic (exact) mass is 234 g/mol. The van der Waals surface area contributed by atoms with Gasteiger partial charge in [-0.3, -0.25) is 0 Å². The zero-order valence-electron chi connectivity index (χ0n) is 10.2. The minimum absolute atomic E-state index is 0.197. The van der Waals surface area contributed by atoms with Crippen molar-refractivity contribution in [3.05, 3.63) is 35.1 Å². The van der Waals surface area contributed by atoms with Crippen LogP contribution in [0.3, 0.4) is 0 Å². The van der Waals surface area contributed by atoms with E-state index in [1.54, 1.807) is 12.1 Å². The van der Waals surface area contributed by atoms with E-state index in [0.29, 0.717) is 18.3 Å². The molecule has 0 aromatic heterocycles. The number of aryl methyl sites for hydroxylation is 1. The molecule has 3 atom stereocenters. The van der Waals surface area contributed by atoms with Crippen LogP contribution in [-0.2, 0) is 6.42 Å². The molecule has 2 saturated carbocycles. The molecule has 1 N–H and O–H groups in total. The third-order valence-corrected chi connectivity index (χ3v) is 4.75. The summed E-state index contributed by atoms with van der Waals surface area (Å²) >= 11 is 0. The van der Waals surface area contributed by atoms with Crippen molar-refractivity contribution < 1.29 is 9.50 Å². The lowest BCUT2D eigenvalue weighted by atomic mass is 9.79. The molecule has 3 rings (SSSR count). The van der Waals surface area contributed by atoms with Crippen molar-refractivity contribution in [2.75, 3.05) is 0 Å². The van der Waals surface area contributed by atoms with E-state index < -0.39 is 5.60 Å². The average molecular weight is 234 g/mol. The van der Waals surface area contributed by atoms with Gasteiger partial charge >= 0.3 is 0 Å². The van der Waals surface area contributed by atoms with Gasteiger partial charge in [0.05, 0.1) is 5.60 Å². The molecular formula is C15H19FO. The molecule has 2 fully saturated rings. The Balaban J connectivity index is 1.85. The van der Waals surface area contributed by atoms with E-state index in [9.17, 15) is 9.50 Å². The standard InChI is InChI=1S/C15H19FO/c1-10-2-5-14(16)7-12(10)9-15(17)8-11-3-4-13(15)6-11/h2,5,7,11,13,17H,3-4,6,8-9H2,1H3. The Morgan fingerprint density at radius 3 is 2.88 bits per heavy atom. The van der Waals surface area contributed by atoms with Gasteiger partial charge in [0, 0.05) is 6.42 Å². The first kappa shape index (κ1) is 11.2. The quantitative estimate of drug-likeness (QED) is 0.833. The Morgan fingerprint density at radius 2 is 2.24 bits per heavy atom. The molecule has 2 bridgehead atoms. The number of aliphatic hydroxyl groups is 1. The Labute approximate surface area is 102 Å². The van der Waals surface area contributed by atoms with E-state index in [1.807, 2.05) is 6.92 Å². The summed E-state index contributed by atoms with van der Waals surface area (Å²) in [5.41, 5.74) is 1.49. The van der Waals surface area contributed by atoms with Crippen LogP contribution in [0.25, 0.3) is 0 Å². The molecule has 17 heavy (non-hydrogen) atoms. The van der Waals surface area contributed by atoms with Gasteiger partial charge in [-0.15, -0.1) is 0 Å². The maximum Gasteiger partial charge on any atom is 0.123 e. The molecule has 92 valence electrons. The van der Waals surface area contributed by atoms with E-state index in [0.717, 1.165) is 24.0 Å². The third kappa shape index (κ3) is 1.89. The zero-order chi connectivity index (χ0) is 12.0. The van der Waals surface area contributed by atoms with Crippen molar-refractivity contribution in [2.45, 2.75) is 44.6 Å². The first-order valence-electron chi connectivity index (χ1n) is 6.54. The SMILES string of the molecule is Cc1ccc(F)cc1CC1(O)CC2CCC1C2. The van der Waals surface area contributed by atoms with Crippen molar-refractivity contribution in [3.8, 4) is 0 Å². The molecule has 0 saturated heterocycles. The van der Waals surface area contributed by atoms with Gasteiger partial charge in [-0.05, 0) is 67.7 Å². The molecule has 0 amide bonds. The smallest absolute Gasteiger partial charge is 0.123 e. The van der Waals surface area contributed by atoms with Crippen LogP contribution in [0.15, 0.2) is 18.2 Å². The van der Waals surface area contributed by atoms with Crippen LogP contribution in [0.4, 0.5) is 4.39 Å². The molecule has 0 aliphatic heterocycles. The largest absolute Gasteiger partial charge is 0.389 e. The fourth-order valence-corrected chi connectivity index (χ4v) is 3.79. The summed E-state index contributed by atoms with van der Waals surface area (Å²) < 4.78 is 13.3. The van der Waals surface area contributed by atoms with Crippen LogP contribution in [-0.4, -0.2) is 10.7 Å². The minimum atomic E-state index is -0.568. The lowest BCUT2D eigenvalue weighted by Crippen LogP contribution is -2.37. The highest BCUT2D eigenvalue weighted by Gasteiger charge is 2.49. The molecule has 0 spiro atoms. The van der Waals surface area contributed by atoms with Gasteiger partial charge in [-0.2, -0.15) is 0 Å². The highest BCUT2D eigenvalue weighted by Crippen LogP contribution is 2.52. The number of rotatable bonds is 2. The number of hydrogen-bond donors (Lipinski definition) is 1. The predicted molar refractivity (Wildman–Crippen MR) is 65.2 cm³/mol. The summed E-state index contributed by atoms with van der Waals surface area (Å²) in [6.45, 7) is 1.99. The normalized spacial score (nSPS) is 35.5. The number of fused-ring (bicyclic) bond motifs is 2. The van der Waals surface area contributed by atoms with Gasteiger partial charge in [0.1, 0.15) is 5.82 Å². The lowest BCUT2D eigenvalue weighted by Gasteiger charge is -2.33. The molecule has 2 heteroatoms. The van der Waals surface area contributed by atoms with Gasteiger partial charge < -0.3 is 5.11 Å². The average Bonchev–Trinajstić information content (AvgIpc) is 2.83. The fourth-order valence-electron chi connectivity index (χ4n) is 3.79. The van der Waals surface area contributed by atoms with E-state index in [2.05, 4.69) is 0 Å². The lowest BCUT2D eigenvalue weighted by molar-refractivity contribution is -0.0126. The second-order valence-corrected chi connectivity index (χ2v) is 5.93.